The number of ether oxygens (including phenoxy) is 1. The van der Waals surface area contributed by atoms with Gasteiger partial charge in [0.1, 0.15) is 0 Å². The van der Waals surface area contributed by atoms with Crippen molar-refractivity contribution in [3.8, 4) is 0 Å². The maximum Gasteiger partial charge on any atom is 0.208 e. The molecule has 0 radical (unpaired) electrons. The fraction of sp³-hybridized carbons (Fsp3) is 0.615. The molecule has 0 aromatic heterocycles. The van der Waals surface area contributed by atoms with Crippen LogP contribution in [0.3, 0.4) is 0 Å². The van der Waals surface area contributed by atoms with E-state index in [9.17, 15) is 0 Å². The molecule has 0 bridgehead atoms. The number of hydrogen-bond donors (Lipinski definition) is 1. The Morgan fingerprint density at radius 2 is 2.35 bits per heavy atom. The van der Waals surface area contributed by atoms with Crippen molar-refractivity contribution in [1.82, 2.24) is 5.43 Å². The molecule has 3 aliphatic rings. The molecule has 0 aromatic rings. The first-order valence-corrected chi connectivity index (χ1v) is 7.04. The molecule has 1 saturated carbocycles. The average molecular weight is 297 g/mol. The van der Waals surface area contributed by atoms with Crippen molar-refractivity contribution in [1.29, 1.82) is 0 Å². The second-order valence-corrected chi connectivity index (χ2v) is 6.09. The van der Waals surface area contributed by atoms with Gasteiger partial charge in [-0.25, -0.2) is 0 Å². The molecular weight excluding hydrogens is 280 g/mol. The van der Waals surface area contributed by atoms with E-state index in [2.05, 4.69) is 45.5 Å². The maximum absolute atomic E-state index is 5.88. The highest BCUT2D eigenvalue weighted by Gasteiger charge is 2.32. The number of rotatable bonds is 3. The number of nitrogens with zero attached hydrogens (tertiary/aromatic N) is 1. The van der Waals surface area contributed by atoms with Crippen molar-refractivity contribution in [3.05, 3.63) is 22.2 Å². The van der Waals surface area contributed by atoms with Crippen molar-refractivity contribution in [3.63, 3.8) is 0 Å². The van der Waals surface area contributed by atoms with Gasteiger partial charge in [0, 0.05) is 12.3 Å². The molecule has 3 rings (SSSR count). The van der Waals surface area contributed by atoms with Crippen LogP contribution in [0.5, 0.6) is 0 Å². The highest BCUT2D eigenvalue weighted by molar-refractivity contribution is 9.11. The quantitative estimate of drug-likeness (QED) is 0.867. The Morgan fingerprint density at radius 1 is 1.53 bits per heavy atom. The molecule has 92 valence electrons. The maximum atomic E-state index is 5.88. The topological polar surface area (TPSA) is 33.6 Å². The van der Waals surface area contributed by atoms with Crippen LogP contribution < -0.4 is 5.43 Å². The van der Waals surface area contributed by atoms with Gasteiger partial charge in [0.15, 0.2) is 6.23 Å². The molecule has 1 heterocycles. The number of allylic oxidation sites excluding steroid dienone is 3. The third-order valence-electron chi connectivity index (χ3n) is 3.56. The predicted octanol–water partition coefficient (Wildman–Crippen LogP) is 3.29. The van der Waals surface area contributed by atoms with Gasteiger partial charge in [0.05, 0.1) is 0 Å². The lowest BCUT2D eigenvalue weighted by Crippen LogP contribution is -2.31. The molecular formula is C13H17BrN2O. The lowest BCUT2D eigenvalue weighted by Gasteiger charge is -2.23. The molecule has 1 fully saturated rings. The first-order valence-electron chi connectivity index (χ1n) is 6.24. The smallest absolute Gasteiger partial charge is 0.208 e. The van der Waals surface area contributed by atoms with Gasteiger partial charge in [-0.15, -0.1) is 5.10 Å². The van der Waals surface area contributed by atoms with Crippen LogP contribution in [0.15, 0.2) is 27.3 Å². The Bertz CT molecular complexity index is 410. The summed E-state index contributed by atoms with van der Waals surface area (Å²) in [6.45, 7) is 2.12. The van der Waals surface area contributed by atoms with Crippen molar-refractivity contribution in [2.24, 2.45) is 16.9 Å². The van der Waals surface area contributed by atoms with Gasteiger partial charge in [-0.3, -0.25) is 5.43 Å². The van der Waals surface area contributed by atoms with Gasteiger partial charge in [-0.2, -0.15) is 0 Å². The van der Waals surface area contributed by atoms with E-state index < -0.39 is 0 Å². The first kappa shape index (κ1) is 11.3. The molecule has 4 heteroatoms. The summed E-state index contributed by atoms with van der Waals surface area (Å²) >= 11 is 3.61. The molecule has 3 nitrogen and oxygen atoms in total. The van der Waals surface area contributed by atoms with Crippen LogP contribution in [0.2, 0.25) is 0 Å². The molecule has 0 amide bonds. The van der Waals surface area contributed by atoms with Crippen LogP contribution >= 0.6 is 15.9 Å². The minimum Gasteiger partial charge on any atom is -0.454 e. The van der Waals surface area contributed by atoms with Gasteiger partial charge in [-0.05, 0) is 42.2 Å². The molecule has 1 unspecified atom stereocenters. The van der Waals surface area contributed by atoms with E-state index in [4.69, 9.17) is 4.74 Å². The normalized spacial score (nSPS) is 32.2. The van der Waals surface area contributed by atoms with Crippen LogP contribution in [0.4, 0.5) is 0 Å². The van der Waals surface area contributed by atoms with Gasteiger partial charge < -0.3 is 4.74 Å². The predicted molar refractivity (Wildman–Crippen MR) is 71.7 cm³/mol. The van der Waals surface area contributed by atoms with E-state index in [0.717, 1.165) is 24.7 Å². The van der Waals surface area contributed by atoms with E-state index in [1.165, 1.54) is 22.9 Å². The van der Waals surface area contributed by atoms with Crippen LogP contribution in [-0.2, 0) is 4.74 Å². The lowest BCUT2D eigenvalue weighted by molar-refractivity contribution is 0.136. The lowest BCUT2D eigenvalue weighted by atomic mass is 9.96. The minimum absolute atomic E-state index is 0.0145. The Balaban J connectivity index is 1.56. The summed E-state index contributed by atoms with van der Waals surface area (Å²) in [6.07, 6.45) is 9.06. The van der Waals surface area contributed by atoms with E-state index in [1.807, 2.05) is 0 Å². The minimum atomic E-state index is 0.0145. The zero-order chi connectivity index (χ0) is 11.8. The Kier molecular flexibility index (Phi) is 2.99. The Labute approximate surface area is 110 Å². The van der Waals surface area contributed by atoms with Gasteiger partial charge in [-0.1, -0.05) is 28.1 Å². The molecule has 2 aliphatic carbocycles. The summed E-state index contributed by atoms with van der Waals surface area (Å²) in [6, 6.07) is 0. The summed E-state index contributed by atoms with van der Waals surface area (Å²) in [4.78, 5) is 0. The molecule has 0 aromatic carbocycles. The number of hydrogen-bond acceptors (Lipinski definition) is 3. The summed E-state index contributed by atoms with van der Waals surface area (Å²) in [7, 11) is 0. The zero-order valence-corrected chi connectivity index (χ0v) is 11.5. The van der Waals surface area contributed by atoms with E-state index in [1.54, 1.807) is 0 Å². The van der Waals surface area contributed by atoms with Gasteiger partial charge in [0.2, 0.25) is 5.90 Å². The van der Waals surface area contributed by atoms with Crippen molar-refractivity contribution < 1.29 is 4.74 Å². The zero-order valence-electron chi connectivity index (χ0n) is 9.95. The Hall–Kier alpha value is -0.770. The average Bonchev–Trinajstić information content (AvgIpc) is 2.99. The monoisotopic (exact) mass is 296 g/mol. The molecule has 17 heavy (non-hydrogen) atoms. The van der Waals surface area contributed by atoms with E-state index in [0.29, 0.717) is 5.92 Å². The van der Waals surface area contributed by atoms with Crippen LogP contribution in [0.1, 0.15) is 32.6 Å². The SMILES string of the molecule is CC1=C(Br)C[C@@H](C2NN=C(CC3CC3)O2)C=C1. The van der Waals surface area contributed by atoms with Gasteiger partial charge >= 0.3 is 0 Å². The second kappa shape index (κ2) is 4.48. The first-order chi connectivity index (χ1) is 8.22. The molecule has 0 saturated heterocycles. The third kappa shape index (κ3) is 2.57. The fourth-order valence-corrected chi connectivity index (χ4v) is 2.69. The standard InChI is InChI=1S/C13H17BrN2O/c1-8-2-5-10(7-11(8)14)13-16-15-12(17-13)6-9-3-4-9/h2,5,9-10,13,16H,3-4,6-7H2,1H3/t10-,13?/m0/s1. The summed E-state index contributed by atoms with van der Waals surface area (Å²) < 4.78 is 7.15. The van der Waals surface area contributed by atoms with Crippen LogP contribution in [0.25, 0.3) is 0 Å². The second-order valence-electron chi connectivity index (χ2n) is 5.14. The van der Waals surface area contributed by atoms with E-state index in [-0.39, 0.29) is 6.23 Å². The number of hydrazone groups is 1. The summed E-state index contributed by atoms with van der Waals surface area (Å²) in [5.41, 5.74) is 4.42. The Morgan fingerprint density at radius 3 is 3.06 bits per heavy atom. The largest absolute Gasteiger partial charge is 0.454 e. The highest BCUT2D eigenvalue weighted by atomic mass is 79.9. The number of halogens is 1. The number of nitrogens with one attached hydrogen (secondary N) is 1. The third-order valence-corrected chi connectivity index (χ3v) is 4.51. The van der Waals surface area contributed by atoms with Crippen molar-refractivity contribution in [2.75, 3.05) is 0 Å². The fourth-order valence-electron chi connectivity index (χ4n) is 2.18. The van der Waals surface area contributed by atoms with E-state index >= 15 is 0 Å². The summed E-state index contributed by atoms with van der Waals surface area (Å²) in [5.74, 6) is 2.09. The molecule has 1 aliphatic heterocycles. The molecule has 2 atom stereocenters. The van der Waals surface area contributed by atoms with Crippen LogP contribution in [-0.4, -0.2) is 12.1 Å². The van der Waals surface area contributed by atoms with Crippen molar-refractivity contribution >= 4 is 21.8 Å². The van der Waals surface area contributed by atoms with Gasteiger partial charge in [0.25, 0.3) is 0 Å². The highest BCUT2D eigenvalue weighted by Crippen LogP contribution is 2.35. The molecule has 0 spiro atoms. The summed E-state index contributed by atoms with van der Waals surface area (Å²) in [5, 5.41) is 4.30. The van der Waals surface area contributed by atoms with Crippen molar-refractivity contribution in [2.45, 2.75) is 38.8 Å². The van der Waals surface area contributed by atoms with Crippen LogP contribution in [0, 0.1) is 11.8 Å². The molecule has 1 N–H and O–H groups in total.